The number of aromatic nitrogens is 4. The number of nitrogens with one attached hydrogen (secondary N) is 3. The Hall–Kier alpha value is -3.65. The van der Waals surface area contributed by atoms with Crippen LogP contribution in [0.1, 0.15) is 10.4 Å². The molecule has 8 nitrogen and oxygen atoms in total. The van der Waals surface area contributed by atoms with Crippen molar-refractivity contribution in [3.8, 4) is 11.5 Å². The van der Waals surface area contributed by atoms with Crippen LogP contribution in [0.5, 0.6) is 0 Å². The van der Waals surface area contributed by atoms with Gasteiger partial charge in [-0.25, -0.2) is 4.98 Å². The molecule has 146 valence electrons. The number of morpholine rings is 1. The minimum Gasteiger partial charge on any atom is -0.378 e. The van der Waals surface area contributed by atoms with Crippen molar-refractivity contribution in [1.82, 2.24) is 20.2 Å². The van der Waals surface area contributed by atoms with E-state index < -0.39 is 0 Å². The van der Waals surface area contributed by atoms with Crippen LogP contribution in [-0.4, -0.2) is 52.4 Å². The largest absolute Gasteiger partial charge is 0.378 e. The zero-order valence-electron chi connectivity index (χ0n) is 15.7. The van der Waals surface area contributed by atoms with E-state index in [0.29, 0.717) is 22.9 Å². The molecule has 0 saturated carbocycles. The first-order chi connectivity index (χ1) is 14.3. The Bertz CT molecular complexity index is 1110. The third kappa shape index (κ3) is 3.57. The van der Waals surface area contributed by atoms with Gasteiger partial charge in [0.15, 0.2) is 11.6 Å². The van der Waals surface area contributed by atoms with Crippen molar-refractivity contribution in [2.45, 2.75) is 0 Å². The second-order valence-electron chi connectivity index (χ2n) is 6.87. The molecule has 1 aliphatic rings. The summed E-state index contributed by atoms with van der Waals surface area (Å²) in [6.07, 6.45) is 0. The summed E-state index contributed by atoms with van der Waals surface area (Å²) in [6.45, 7) is 3.19. The van der Waals surface area contributed by atoms with Crippen molar-refractivity contribution in [2.75, 3.05) is 36.5 Å². The molecule has 0 radical (unpaired) electrons. The highest BCUT2D eigenvalue weighted by molar-refractivity contribution is 6.04. The lowest BCUT2D eigenvalue weighted by atomic mass is 10.1. The summed E-state index contributed by atoms with van der Waals surface area (Å²) in [5.74, 6) is 0.915. The molecular weight excluding hydrogens is 368 g/mol. The number of nitrogens with zero attached hydrogens (tertiary/aromatic N) is 3. The summed E-state index contributed by atoms with van der Waals surface area (Å²) in [5, 5.41) is 9.92. The zero-order chi connectivity index (χ0) is 19.6. The number of rotatable bonds is 4. The molecule has 3 N–H and O–H groups in total. The average molecular weight is 388 g/mol. The first-order valence-corrected chi connectivity index (χ1v) is 9.51. The minimum absolute atomic E-state index is 0.207. The number of hydrogen-bond acceptors (Lipinski definition) is 5. The van der Waals surface area contributed by atoms with Gasteiger partial charge in [0.25, 0.3) is 5.91 Å². The summed E-state index contributed by atoms with van der Waals surface area (Å²) >= 11 is 0. The van der Waals surface area contributed by atoms with E-state index in [-0.39, 0.29) is 5.91 Å². The van der Waals surface area contributed by atoms with Gasteiger partial charge in [-0.1, -0.05) is 12.1 Å². The van der Waals surface area contributed by atoms with Crippen LogP contribution in [0.2, 0.25) is 0 Å². The second-order valence-corrected chi connectivity index (χ2v) is 6.87. The predicted octanol–water partition coefficient (Wildman–Crippen LogP) is 3.04. The summed E-state index contributed by atoms with van der Waals surface area (Å²) in [7, 11) is 0. The van der Waals surface area contributed by atoms with Gasteiger partial charge in [0.05, 0.1) is 24.2 Å². The molecule has 3 heterocycles. The van der Waals surface area contributed by atoms with E-state index in [1.807, 2.05) is 48.5 Å². The van der Waals surface area contributed by atoms with Gasteiger partial charge in [0, 0.05) is 30.4 Å². The standard InChI is InChI=1S/C21H20N6O2/c28-21(14-5-7-15(8-6-14)27-9-11-29-12-10-27)24-19-13-18(25-26-19)20-22-16-3-1-2-4-17(16)23-20/h1-8,13H,9-12H2,(H,22,23)(H2,24,25,26,28). The van der Waals surface area contributed by atoms with Gasteiger partial charge >= 0.3 is 0 Å². The van der Waals surface area contributed by atoms with Crippen LogP contribution in [0, 0.1) is 0 Å². The molecular formula is C21H20N6O2. The van der Waals surface area contributed by atoms with E-state index in [1.165, 1.54) is 0 Å². The van der Waals surface area contributed by atoms with Crippen LogP contribution in [0.3, 0.4) is 0 Å². The number of ether oxygens (including phenoxy) is 1. The maximum absolute atomic E-state index is 12.6. The smallest absolute Gasteiger partial charge is 0.256 e. The van der Waals surface area contributed by atoms with Gasteiger partial charge in [-0.2, -0.15) is 5.10 Å². The minimum atomic E-state index is -0.207. The van der Waals surface area contributed by atoms with Crippen molar-refractivity contribution in [3.63, 3.8) is 0 Å². The number of imidazole rings is 1. The molecule has 0 atom stereocenters. The van der Waals surface area contributed by atoms with E-state index >= 15 is 0 Å². The number of amides is 1. The van der Waals surface area contributed by atoms with Crippen molar-refractivity contribution in [1.29, 1.82) is 0 Å². The van der Waals surface area contributed by atoms with E-state index in [1.54, 1.807) is 6.07 Å². The average Bonchev–Trinajstić information content (AvgIpc) is 3.41. The van der Waals surface area contributed by atoms with E-state index in [0.717, 1.165) is 43.0 Å². The molecule has 1 fully saturated rings. The molecule has 1 saturated heterocycles. The van der Waals surface area contributed by atoms with Gasteiger partial charge < -0.3 is 19.9 Å². The fourth-order valence-corrected chi connectivity index (χ4v) is 3.42. The molecule has 1 amide bonds. The van der Waals surface area contributed by atoms with Gasteiger partial charge in [0.1, 0.15) is 5.69 Å². The number of carbonyl (C=O) groups is 1. The first-order valence-electron chi connectivity index (χ1n) is 9.51. The van der Waals surface area contributed by atoms with Crippen LogP contribution < -0.4 is 10.2 Å². The highest BCUT2D eigenvalue weighted by atomic mass is 16.5. The van der Waals surface area contributed by atoms with Crippen LogP contribution in [0.4, 0.5) is 11.5 Å². The Morgan fingerprint density at radius 2 is 1.86 bits per heavy atom. The van der Waals surface area contributed by atoms with Crippen LogP contribution >= 0.6 is 0 Å². The number of hydrogen-bond donors (Lipinski definition) is 3. The summed E-state index contributed by atoms with van der Waals surface area (Å²) in [5.41, 5.74) is 4.21. The normalized spacial score (nSPS) is 14.3. The quantitative estimate of drug-likeness (QED) is 0.499. The SMILES string of the molecule is O=C(Nc1cc(-c2nc3ccccc3[nH]2)[nH]n1)c1ccc(N2CCOCC2)cc1. The van der Waals surface area contributed by atoms with Gasteiger partial charge in [-0.15, -0.1) is 0 Å². The molecule has 4 aromatic rings. The van der Waals surface area contributed by atoms with Crippen LogP contribution in [-0.2, 0) is 4.74 Å². The highest BCUT2D eigenvalue weighted by Gasteiger charge is 2.14. The first kappa shape index (κ1) is 17.4. The number of para-hydroxylation sites is 2. The molecule has 0 spiro atoms. The topological polar surface area (TPSA) is 98.9 Å². The van der Waals surface area contributed by atoms with E-state index in [2.05, 4.69) is 30.4 Å². The molecule has 8 heteroatoms. The number of aromatic amines is 2. The van der Waals surface area contributed by atoms with Crippen molar-refractivity contribution in [3.05, 3.63) is 60.2 Å². The Morgan fingerprint density at radius 3 is 2.66 bits per heavy atom. The van der Waals surface area contributed by atoms with Gasteiger partial charge in [-0.05, 0) is 36.4 Å². The predicted molar refractivity (Wildman–Crippen MR) is 111 cm³/mol. The number of anilines is 2. The molecule has 0 bridgehead atoms. The monoisotopic (exact) mass is 388 g/mol. The Labute approximate surface area is 166 Å². The molecule has 2 aromatic carbocycles. The third-order valence-corrected chi connectivity index (χ3v) is 4.97. The number of carbonyl (C=O) groups excluding carboxylic acids is 1. The molecule has 5 rings (SSSR count). The van der Waals surface area contributed by atoms with Crippen molar-refractivity contribution >= 4 is 28.4 Å². The zero-order valence-corrected chi connectivity index (χ0v) is 15.7. The fraction of sp³-hybridized carbons (Fsp3) is 0.190. The van der Waals surface area contributed by atoms with Gasteiger partial charge in [-0.3, -0.25) is 9.89 Å². The maximum atomic E-state index is 12.6. The summed E-state index contributed by atoms with van der Waals surface area (Å²) in [4.78, 5) is 22.6. The molecule has 29 heavy (non-hydrogen) atoms. The Morgan fingerprint density at radius 1 is 1.07 bits per heavy atom. The lowest BCUT2D eigenvalue weighted by Crippen LogP contribution is -2.36. The van der Waals surface area contributed by atoms with E-state index in [9.17, 15) is 4.79 Å². The number of H-pyrrole nitrogens is 2. The van der Waals surface area contributed by atoms with Crippen molar-refractivity contribution in [2.24, 2.45) is 0 Å². The summed E-state index contributed by atoms with van der Waals surface area (Å²) < 4.78 is 5.38. The number of fused-ring (bicyclic) bond motifs is 1. The highest BCUT2D eigenvalue weighted by Crippen LogP contribution is 2.21. The summed E-state index contributed by atoms with van der Waals surface area (Å²) in [6, 6.07) is 17.1. The Kier molecular flexibility index (Phi) is 4.45. The second kappa shape index (κ2) is 7.40. The fourth-order valence-electron chi connectivity index (χ4n) is 3.42. The molecule has 0 aliphatic carbocycles. The maximum Gasteiger partial charge on any atom is 0.256 e. The number of benzene rings is 2. The van der Waals surface area contributed by atoms with Crippen LogP contribution in [0.25, 0.3) is 22.6 Å². The van der Waals surface area contributed by atoms with E-state index in [4.69, 9.17) is 4.74 Å². The molecule has 0 unspecified atom stereocenters. The molecule has 2 aromatic heterocycles. The van der Waals surface area contributed by atoms with Gasteiger partial charge in [0.2, 0.25) is 0 Å². The van der Waals surface area contributed by atoms with Crippen LogP contribution in [0.15, 0.2) is 54.6 Å². The van der Waals surface area contributed by atoms with Crippen molar-refractivity contribution < 1.29 is 9.53 Å². The molecule has 1 aliphatic heterocycles. The lowest BCUT2D eigenvalue weighted by Gasteiger charge is -2.28. The third-order valence-electron chi connectivity index (χ3n) is 4.97. The Balaban J connectivity index is 1.28. The lowest BCUT2D eigenvalue weighted by molar-refractivity contribution is 0.102.